The van der Waals surface area contributed by atoms with Crippen molar-refractivity contribution in [1.29, 1.82) is 0 Å². The number of hydrogen-bond donors (Lipinski definition) is 1. The van der Waals surface area contributed by atoms with Crippen LogP contribution in [0.1, 0.15) is 35.4 Å². The van der Waals surface area contributed by atoms with Crippen LogP contribution in [0, 0.1) is 5.92 Å². The lowest BCUT2D eigenvalue weighted by atomic mass is 10.0. The van der Waals surface area contributed by atoms with E-state index in [-0.39, 0.29) is 5.91 Å². The Kier molecular flexibility index (Phi) is 4.85. The van der Waals surface area contributed by atoms with Crippen LogP contribution in [-0.4, -0.2) is 36.5 Å². The molecule has 1 N–H and O–H groups in total. The number of piperidine rings is 1. The van der Waals surface area contributed by atoms with Crippen molar-refractivity contribution < 1.29 is 4.79 Å². The fraction of sp³-hybridized carbons (Fsp3) is 0.643. The maximum Gasteiger partial charge on any atom is 0.264 e. The molecule has 2 aliphatic rings. The molecule has 1 amide bonds. The number of carbonyl (C=O) groups excluding carboxylic acids is 1. The summed E-state index contributed by atoms with van der Waals surface area (Å²) in [6.45, 7) is 2.91. The zero-order valence-electron chi connectivity index (χ0n) is 11.2. The van der Waals surface area contributed by atoms with Crippen LogP contribution in [0.4, 0.5) is 0 Å². The van der Waals surface area contributed by atoms with E-state index in [0.717, 1.165) is 45.0 Å². The predicted molar refractivity (Wildman–Crippen MR) is 89.4 cm³/mol. The van der Waals surface area contributed by atoms with Crippen molar-refractivity contribution in [2.24, 2.45) is 5.92 Å². The molecule has 20 heavy (non-hydrogen) atoms. The number of nitrogens with zero attached hydrogens (tertiary/aromatic N) is 1. The smallest absolute Gasteiger partial charge is 0.264 e. The van der Waals surface area contributed by atoms with Gasteiger partial charge in [-0.25, -0.2) is 0 Å². The summed E-state index contributed by atoms with van der Waals surface area (Å²) in [6, 6.07) is 2.51. The van der Waals surface area contributed by atoms with Crippen molar-refractivity contribution in [3.63, 3.8) is 0 Å². The lowest BCUT2D eigenvalue weighted by molar-refractivity contribution is 0.0710. The Morgan fingerprint density at radius 3 is 2.55 bits per heavy atom. The normalized spacial score (nSPS) is 20.4. The minimum atomic E-state index is 0.169. The summed E-state index contributed by atoms with van der Waals surface area (Å²) < 4.78 is 1.95. The SMILES string of the molecule is O=C(c1cc(Br)c(Br)s1)N1CCC(NCC2CC2)CC1. The Labute approximate surface area is 140 Å². The van der Waals surface area contributed by atoms with Crippen molar-refractivity contribution >= 4 is 49.1 Å². The van der Waals surface area contributed by atoms with Gasteiger partial charge in [0.25, 0.3) is 5.91 Å². The molecule has 1 aromatic heterocycles. The van der Waals surface area contributed by atoms with Gasteiger partial charge in [0.2, 0.25) is 0 Å². The van der Waals surface area contributed by atoms with E-state index < -0.39 is 0 Å². The van der Waals surface area contributed by atoms with E-state index in [1.807, 2.05) is 11.0 Å². The molecule has 1 saturated heterocycles. The van der Waals surface area contributed by atoms with Gasteiger partial charge in [-0.1, -0.05) is 0 Å². The molecule has 1 aromatic rings. The zero-order chi connectivity index (χ0) is 14.1. The number of rotatable bonds is 4. The van der Waals surface area contributed by atoms with Crippen molar-refractivity contribution in [2.45, 2.75) is 31.7 Å². The summed E-state index contributed by atoms with van der Waals surface area (Å²) in [7, 11) is 0. The second-order valence-corrected chi connectivity index (χ2v) is 8.87. The maximum atomic E-state index is 12.4. The Bertz CT molecular complexity index is 474. The quantitative estimate of drug-likeness (QED) is 0.799. The van der Waals surface area contributed by atoms with E-state index in [2.05, 4.69) is 37.2 Å². The summed E-state index contributed by atoms with van der Waals surface area (Å²) in [5.41, 5.74) is 0. The zero-order valence-corrected chi connectivity index (χ0v) is 15.2. The number of hydrogen-bond acceptors (Lipinski definition) is 3. The predicted octanol–water partition coefficient (Wildman–Crippen LogP) is 3.88. The Morgan fingerprint density at radius 1 is 1.30 bits per heavy atom. The molecule has 2 heterocycles. The molecule has 2 fully saturated rings. The van der Waals surface area contributed by atoms with Gasteiger partial charge in [-0.15, -0.1) is 11.3 Å². The van der Waals surface area contributed by atoms with Gasteiger partial charge in [-0.3, -0.25) is 4.79 Å². The molecule has 0 unspecified atom stereocenters. The number of amides is 1. The van der Waals surface area contributed by atoms with E-state index in [1.54, 1.807) is 0 Å². The summed E-state index contributed by atoms with van der Waals surface area (Å²) in [5.74, 6) is 1.09. The highest BCUT2D eigenvalue weighted by molar-refractivity contribution is 9.13. The van der Waals surface area contributed by atoms with E-state index >= 15 is 0 Å². The molecular weight excluding hydrogens is 404 g/mol. The van der Waals surface area contributed by atoms with Crippen LogP contribution in [0.2, 0.25) is 0 Å². The highest BCUT2D eigenvalue weighted by Gasteiger charge is 2.27. The number of carbonyl (C=O) groups is 1. The fourth-order valence-electron chi connectivity index (χ4n) is 2.55. The molecular formula is C14H18Br2N2OS. The van der Waals surface area contributed by atoms with Crippen LogP contribution in [0.5, 0.6) is 0 Å². The summed E-state index contributed by atoms with van der Waals surface area (Å²) in [5, 5.41) is 3.65. The standard InChI is InChI=1S/C14H18Br2N2OS/c15-11-7-12(20-13(11)16)14(19)18-5-3-10(4-6-18)17-8-9-1-2-9/h7,9-10,17H,1-6,8H2. The molecule has 1 saturated carbocycles. The molecule has 0 aromatic carbocycles. The molecule has 6 heteroatoms. The third-order valence-electron chi connectivity index (χ3n) is 4.03. The van der Waals surface area contributed by atoms with Gasteiger partial charge < -0.3 is 10.2 Å². The molecule has 0 bridgehead atoms. The van der Waals surface area contributed by atoms with E-state index in [4.69, 9.17) is 0 Å². The molecule has 1 aliphatic heterocycles. The average Bonchev–Trinajstić information content (AvgIpc) is 3.22. The Hall–Kier alpha value is 0.0900. The van der Waals surface area contributed by atoms with Crippen molar-refractivity contribution in [3.8, 4) is 0 Å². The first-order chi connectivity index (χ1) is 9.63. The molecule has 0 radical (unpaired) electrons. The van der Waals surface area contributed by atoms with Crippen LogP contribution in [0.25, 0.3) is 0 Å². The van der Waals surface area contributed by atoms with Gasteiger partial charge in [-0.05, 0) is 76.1 Å². The summed E-state index contributed by atoms with van der Waals surface area (Å²) >= 11 is 8.39. The molecule has 0 atom stereocenters. The summed E-state index contributed by atoms with van der Waals surface area (Å²) in [4.78, 5) is 15.2. The van der Waals surface area contributed by atoms with Gasteiger partial charge in [0.1, 0.15) is 0 Å². The molecule has 0 spiro atoms. The number of halogens is 2. The molecule has 3 rings (SSSR count). The second-order valence-electron chi connectivity index (χ2n) is 5.65. The first-order valence-electron chi connectivity index (χ1n) is 7.11. The second kappa shape index (κ2) is 6.46. The average molecular weight is 422 g/mol. The van der Waals surface area contributed by atoms with Crippen LogP contribution in [0.3, 0.4) is 0 Å². The van der Waals surface area contributed by atoms with Crippen LogP contribution < -0.4 is 5.32 Å². The molecule has 1 aliphatic carbocycles. The molecule has 110 valence electrons. The first kappa shape index (κ1) is 15.0. The van der Waals surface area contributed by atoms with Gasteiger partial charge in [0.05, 0.1) is 8.66 Å². The molecule has 3 nitrogen and oxygen atoms in total. The number of likely N-dealkylation sites (tertiary alicyclic amines) is 1. The highest BCUT2D eigenvalue weighted by Crippen LogP contribution is 2.33. The van der Waals surface area contributed by atoms with Crippen LogP contribution >= 0.6 is 43.2 Å². The largest absolute Gasteiger partial charge is 0.338 e. The fourth-order valence-corrected chi connectivity index (χ4v) is 4.55. The number of thiophene rings is 1. The van der Waals surface area contributed by atoms with E-state index in [1.165, 1.54) is 30.7 Å². The van der Waals surface area contributed by atoms with Gasteiger partial charge in [0, 0.05) is 23.6 Å². The van der Waals surface area contributed by atoms with Gasteiger partial charge in [-0.2, -0.15) is 0 Å². The van der Waals surface area contributed by atoms with Crippen LogP contribution in [-0.2, 0) is 0 Å². The van der Waals surface area contributed by atoms with Crippen LogP contribution in [0.15, 0.2) is 14.3 Å². The van der Waals surface area contributed by atoms with Crippen molar-refractivity contribution in [1.82, 2.24) is 10.2 Å². The van der Waals surface area contributed by atoms with Gasteiger partial charge in [0.15, 0.2) is 0 Å². The lowest BCUT2D eigenvalue weighted by Gasteiger charge is -2.32. The lowest BCUT2D eigenvalue weighted by Crippen LogP contribution is -2.45. The topological polar surface area (TPSA) is 32.3 Å². The third-order valence-corrected chi connectivity index (χ3v) is 7.27. The Morgan fingerprint density at radius 2 is 2.00 bits per heavy atom. The van der Waals surface area contributed by atoms with Crippen molar-refractivity contribution in [2.75, 3.05) is 19.6 Å². The van der Waals surface area contributed by atoms with Crippen molar-refractivity contribution in [3.05, 3.63) is 19.2 Å². The Balaban J connectivity index is 1.50. The maximum absolute atomic E-state index is 12.4. The van der Waals surface area contributed by atoms with E-state index in [0.29, 0.717) is 6.04 Å². The first-order valence-corrected chi connectivity index (χ1v) is 9.51. The summed E-state index contributed by atoms with van der Waals surface area (Å²) in [6.07, 6.45) is 4.94. The minimum absolute atomic E-state index is 0.169. The van der Waals surface area contributed by atoms with Gasteiger partial charge >= 0.3 is 0 Å². The highest BCUT2D eigenvalue weighted by atomic mass is 79.9. The third kappa shape index (κ3) is 3.64. The monoisotopic (exact) mass is 420 g/mol. The minimum Gasteiger partial charge on any atom is -0.338 e. The number of nitrogens with one attached hydrogen (secondary N) is 1. The van der Waals surface area contributed by atoms with E-state index in [9.17, 15) is 4.79 Å².